The number of benzene rings is 2. The summed E-state index contributed by atoms with van der Waals surface area (Å²) in [6, 6.07) is 11.6. The second-order valence-corrected chi connectivity index (χ2v) is 8.43. The molecule has 8 nitrogen and oxygen atoms in total. The molecule has 0 saturated carbocycles. The zero-order valence-electron chi connectivity index (χ0n) is 16.0. The third kappa shape index (κ3) is 4.00. The molecule has 0 bridgehead atoms. The van der Waals surface area contributed by atoms with Crippen molar-refractivity contribution in [2.24, 2.45) is 0 Å². The molecule has 2 aromatic rings. The zero-order chi connectivity index (χ0) is 21.2. The van der Waals surface area contributed by atoms with E-state index in [1.165, 1.54) is 24.3 Å². The third-order valence-corrected chi connectivity index (χ3v) is 6.33. The highest BCUT2D eigenvalue weighted by Gasteiger charge is 2.40. The van der Waals surface area contributed by atoms with Crippen LogP contribution in [0.2, 0.25) is 0 Å². The van der Waals surface area contributed by atoms with Gasteiger partial charge in [-0.3, -0.25) is 14.4 Å². The van der Waals surface area contributed by atoms with Crippen LogP contribution < -0.4 is 10.6 Å². The van der Waals surface area contributed by atoms with E-state index in [4.69, 9.17) is 0 Å². The largest absolute Gasteiger partial charge is 0.355 e. The second kappa shape index (κ2) is 8.04. The summed E-state index contributed by atoms with van der Waals surface area (Å²) in [6.07, 6.45) is 0. The van der Waals surface area contributed by atoms with Gasteiger partial charge in [0.1, 0.15) is 10.9 Å². The topological polar surface area (TPSA) is 113 Å². The molecule has 0 aliphatic carbocycles. The lowest BCUT2D eigenvalue weighted by Crippen LogP contribution is -2.44. The van der Waals surface area contributed by atoms with Crippen LogP contribution in [0.15, 0.2) is 53.4 Å². The van der Waals surface area contributed by atoms with Crippen LogP contribution in [0, 0.1) is 0 Å². The summed E-state index contributed by atoms with van der Waals surface area (Å²) >= 11 is 0. The molecule has 0 saturated heterocycles. The van der Waals surface area contributed by atoms with Gasteiger partial charge in [-0.2, -0.15) is 0 Å². The molecule has 0 radical (unpaired) electrons. The fraction of sp³-hybridized carbons (Fsp3) is 0.250. The number of carbonyl (C=O) groups is 3. The summed E-state index contributed by atoms with van der Waals surface area (Å²) in [5.41, 5.74) is 1.04. The lowest BCUT2D eigenvalue weighted by molar-refractivity contribution is -0.122. The third-order valence-electron chi connectivity index (χ3n) is 4.55. The predicted molar refractivity (Wildman–Crippen MR) is 106 cm³/mol. The number of nitrogens with one attached hydrogen (secondary N) is 2. The SMILES string of the molecule is CCNC(=O)C(C)NC(=O)c1ccc(CN2C(=O)c3ccccc3S2(=O)=O)cc1. The van der Waals surface area contributed by atoms with Crippen molar-refractivity contribution in [3.05, 3.63) is 65.2 Å². The van der Waals surface area contributed by atoms with Crippen LogP contribution in [0.1, 0.15) is 40.1 Å². The number of amides is 3. The van der Waals surface area contributed by atoms with Gasteiger partial charge in [0, 0.05) is 12.1 Å². The summed E-state index contributed by atoms with van der Waals surface area (Å²) < 4.78 is 26.1. The Kier molecular flexibility index (Phi) is 5.69. The van der Waals surface area contributed by atoms with Crippen LogP contribution in [-0.4, -0.2) is 43.0 Å². The maximum atomic E-state index is 12.6. The monoisotopic (exact) mass is 415 g/mol. The average Bonchev–Trinajstić information content (AvgIpc) is 2.89. The minimum atomic E-state index is -3.89. The highest BCUT2D eigenvalue weighted by molar-refractivity contribution is 7.90. The fourth-order valence-electron chi connectivity index (χ4n) is 2.99. The molecule has 29 heavy (non-hydrogen) atoms. The minimum absolute atomic E-state index is 0.000316. The Balaban J connectivity index is 1.71. The van der Waals surface area contributed by atoms with E-state index in [2.05, 4.69) is 10.6 Å². The van der Waals surface area contributed by atoms with Gasteiger partial charge in [-0.05, 0) is 43.7 Å². The molecule has 9 heteroatoms. The maximum absolute atomic E-state index is 12.6. The van der Waals surface area contributed by atoms with Gasteiger partial charge in [0.2, 0.25) is 5.91 Å². The quantitative estimate of drug-likeness (QED) is 0.738. The standard InChI is InChI=1S/C20H21N3O5S/c1-3-21-18(24)13(2)22-19(25)15-10-8-14(9-11-15)12-23-20(26)16-6-4-5-7-17(16)29(23,27)28/h4-11,13H,3,12H2,1-2H3,(H,21,24)(H,22,25). The summed E-state index contributed by atoms with van der Waals surface area (Å²) in [6.45, 7) is 3.70. The normalized spacial score (nSPS) is 15.5. The van der Waals surface area contributed by atoms with Crippen molar-refractivity contribution in [3.8, 4) is 0 Å². The molecule has 1 aliphatic rings. The first-order chi connectivity index (χ1) is 13.8. The Bertz CT molecular complexity index is 1060. The van der Waals surface area contributed by atoms with Gasteiger partial charge < -0.3 is 10.6 Å². The highest BCUT2D eigenvalue weighted by atomic mass is 32.2. The molecule has 3 rings (SSSR count). The van der Waals surface area contributed by atoms with Gasteiger partial charge in [-0.25, -0.2) is 12.7 Å². The molecule has 0 spiro atoms. The van der Waals surface area contributed by atoms with Crippen LogP contribution in [0.25, 0.3) is 0 Å². The Hall–Kier alpha value is -3.20. The van der Waals surface area contributed by atoms with Crippen molar-refractivity contribution < 1.29 is 22.8 Å². The summed E-state index contributed by atoms with van der Waals surface area (Å²) in [5, 5.41) is 5.22. The summed E-state index contributed by atoms with van der Waals surface area (Å²) in [5.74, 6) is -1.28. The maximum Gasteiger partial charge on any atom is 0.269 e. The van der Waals surface area contributed by atoms with Gasteiger partial charge >= 0.3 is 0 Å². The Morgan fingerprint density at radius 2 is 1.72 bits per heavy atom. The van der Waals surface area contributed by atoms with Crippen LogP contribution in [0.4, 0.5) is 0 Å². The zero-order valence-corrected chi connectivity index (χ0v) is 16.8. The van der Waals surface area contributed by atoms with E-state index in [0.29, 0.717) is 17.7 Å². The molecular weight excluding hydrogens is 394 g/mol. The number of likely N-dealkylation sites (N-methyl/N-ethyl adjacent to an activating group) is 1. The number of carbonyl (C=O) groups excluding carboxylic acids is 3. The van der Waals surface area contributed by atoms with Crippen molar-refractivity contribution in [2.75, 3.05) is 6.54 Å². The molecule has 1 heterocycles. The molecule has 2 aromatic carbocycles. The molecular formula is C20H21N3O5S. The predicted octanol–water partition coefficient (Wildman–Crippen LogP) is 1.29. The number of hydrogen-bond donors (Lipinski definition) is 2. The Morgan fingerprint density at radius 3 is 2.34 bits per heavy atom. The van der Waals surface area contributed by atoms with Crippen LogP contribution in [-0.2, 0) is 21.4 Å². The average molecular weight is 415 g/mol. The van der Waals surface area contributed by atoms with E-state index in [0.717, 1.165) is 4.31 Å². The van der Waals surface area contributed by atoms with E-state index < -0.39 is 27.9 Å². The number of hydrogen-bond acceptors (Lipinski definition) is 5. The number of sulfonamides is 1. The molecule has 0 fully saturated rings. The van der Waals surface area contributed by atoms with Crippen molar-refractivity contribution in [3.63, 3.8) is 0 Å². The van der Waals surface area contributed by atoms with Gasteiger partial charge in [0.25, 0.3) is 21.8 Å². The van der Waals surface area contributed by atoms with E-state index in [1.54, 1.807) is 38.1 Å². The summed E-state index contributed by atoms with van der Waals surface area (Å²) in [4.78, 5) is 36.5. The first-order valence-electron chi connectivity index (χ1n) is 9.09. The van der Waals surface area contributed by atoms with Crippen LogP contribution in [0.3, 0.4) is 0 Å². The molecule has 2 N–H and O–H groups in total. The van der Waals surface area contributed by atoms with Gasteiger partial charge in [0.05, 0.1) is 12.1 Å². The van der Waals surface area contributed by atoms with Gasteiger partial charge in [-0.15, -0.1) is 0 Å². The molecule has 152 valence electrons. The number of nitrogens with zero attached hydrogens (tertiary/aromatic N) is 1. The van der Waals surface area contributed by atoms with Gasteiger partial charge in [-0.1, -0.05) is 24.3 Å². The Labute approximate surface area is 169 Å². The second-order valence-electron chi connectivity index (χ2n) is 6.60. The first-order valence-corrected chi connectivity index (χ1v) is 10.5. The number of rotatable bonds is 6. The highest BCUT2D eigenvalue weighted by Crippen LogP contribution is 2.31. The van der Waals surface area contributed by atoms with Crippen LogP contribution in [0.5, 0.6) is 0 Å². The lowest BCUT2D eigenvalue weighted by Gasteiger charge is -2.16. The minimum Gasteiger partial charge on any atom is -0.355 e. The fourth-order valence-corrected chi connectivity index (χ4v) is 4.54. The Morgan fingerprint density at radius 1 is 1.07 bits per heavy atom. The molecule has 0 aromatic heterocycles. The smallest absolute Gasteiger partial charge is 0.269 e. The van der Waals surface area contributed by atoms with Crippen molar-refractivity contribution in [1.82, 2.24) is 14.9 Å². The van der Waals surface area contributed by atoms with E-state index >= 15 is 0 Å². The van der Waals surface area contributed by atoms with Gasteiger partial charge in [0.15, 0.2) is 0 Å². The molecule has 1 atom stereocenters. The van der Waals surface area contributed by atoms with E-state index in [9.17, 15) is 22.8 Å². The molecule has 1 unspecified atom stereocenters. The van der Waals surface area contributed by atoms with E-state index in [1.807, 2.05) is 0 Å². The first kappa shape index (κ1) is 20.5. The van der Waals surface area contributed by atoms with Crippen LogP contribution >= 0.6 is 0 Å². The number of fused-ring (bicyclic) bond motifs is 1. The van der Waals surface area contributed by atoms with E-state index in [-0.39, 0.29) is 22.9 Å². The lowest BCUT2D eigenvalue weighted by atomic mass is 10.1. The molecule has 3 amide bonds. The van der Waals surface area contributed by atoms with Crippen molar-refractivity contribution in [2.45, 2.75) is 31.3 Å². The molecule has 1 aliphatic heterocycles. The summed E-state index contributed by atoms with van der Waals surface area (Å²) in [7, 11) is -3.89. The van der Waals surface area contributed by atoms with Crippen molar-refractivity contribution in [1.29, 1.82) is 0 Å². The van der Waals surface area contributed by atoms with Crippen molar-refractivity contribution >= 4 is 27.7 Å².